The normalized spacial score (nSPS) is 23.6. The molecule has 1 aromatic rings. The predicted molar refractivity (Wildman–Crippen MR) is 69.7 cm³/mol. The maximum Gasteiger partial charge on any atom is 0.264 e. The van der Waals surface area contributed by atoms with Crippen molar-refractivity contribution >= 4 is 17.4 Å². The zero-order valence-corrected chi connectivity index (χ0v) is 11.5. The lowest BCUT2D eigenvalue weighted by Gasteiger charge is -2.10. The van der Waals surface area contributed by atoms with E-state index in [0.717, 1.165) is 36.5 Å². The summed E-state index contributed by atoms with van der Waals surface area (Å²) in [4.78, 5) is 12.6. The Kier molecular flexibility index (Phi) is 4.29. The van der Waals surface area contributed by atoms with Crippen molar-refractivity contribution in [1.82, 2.24) is 14.9 Å². The van der Waals surface area contributed by atoms with E-state index in [1.54, 1.807) is 0 Å². The van der Waals surface area contributed by atoms with E-state index in [2.05, 4.69) is 14.9 Å². The van der Waals surface area contributed by atoms with E-state index in [0.29, 0.717) is 17.3 Å². The van der Waals surface area contributed by atoms with Gasteiger partial charge in [0, 0.05) is 6.54 Å². The minimum atomic E-state index is -0.191. The minimum absolute atomic E-state index is 0.0879. The number of nitrogens with zero attached hydrogens (tertiary/aromatic N) is 2. The molecule has 1 amide bonds. The van der Waals surface area contributed by atoms with Crippen molar-refractivity contribution in [2.24, 2.45) is 5.92 Å². The molecule has 2 atom stereocenters. The number of nitrogens with one attached hydrogen (secondary N) is 1. The first kappa shape index (κ1) is 13.4. The van der Waals surface area contributed by atoms with E-state index >= 15 is 0 Å². The molecule has 1 heterocycles. The zero-order valence-electron chi connectivity index (χ0n) is 10.7. The van der Waals surface area contributed by atoms with Crippen LogP contribution in [0.3, 0.4) is 0 Å². The fourth-order valence-electron chi connectivity index (χ4n) is 2.28. The van der Waals surface area contributed by atoms with E-state index < -0.39 is 0 Å². The Morgan fingerprint density at radius 2 is 2.33 bits per heavy atom. The summed E-state index contributed by atoms with van der Waals surface area (Å²) < 4.78 is 3.85. The van der Waals surface area contributed by atoms with Crippen LogP contribution in [0.1, 0.15) is 54.4 Å². The first-order valence-electron chi connectivity index (χ1n) is 6.36. The topological polar surface area (TPSA) is 75.1 Å². The SMILES string of the molecule is CC(C)c1nnsc1C(=O)NCC1CCC(O)C1. The van der Waals surface area contributed by atoms with Crippen LogP contribution in [0.5, 0.6) is 0 Å². The lowest BCUT2D eigenvalue weighted by Crippen LogP contribution is -2.28. The van der Waals surface area contributed by atoms with Gasteiger partial charge in [-0.3, -0.25) is 4.79 Å². The molecule has 2 unspecified atom stereocenters. The number of carbonyl (C=O) groups excluding carboxylic acids is 1. The molecule has 1 aromatic heterocycles. The standard InChI is InChI=1S/C12H19N3O2S/c1-7(2)10-11(18-15-14-10)12(17)13-6-8-3-4-9(16)5-8/h7-9,16H,3-6H2,1-2H3,(H,13,17). The minimum Gasteiger partial charge on any atom is -0.393 e. The first-order chi connectivity index (χ1) is 8.58. The van der Waals surface area contributed by atoms with Crippen molar-refractivity contribution in [3.8, 4) is 0 Å². The van der Waals surface area contributed by atoms with Gasteiger partial charge in [0.25, 0.3) is 5.91 Å². The lowest BCUT2D eigenvalue weighted by molar-refractivity contribution is 0.0947. The molecule has 2 rings (SSSR count). The van der Waals surface area contributed by atoms with Crippen molar-refractivity contribution in [3.63, 3.8) is 0 Å². The van der Waals surface area contributed by atoms with Gasteiger partial charge in [-0.25, -0.2) is 0 Å². The molecule has 2 N–H and O–H groups in total. The number of aliphatic hydroxyl groups excluding tert-OH is 1. The Labute approximate surface area is 111 Å². The van der Waals surface area contributed by atoms with Crippen LogP contribution in [0, 0.1) is 5.92 Å². The maximum absolute atomic E-state index is 12.0. The molecule has 0 radical (unpaired) electrons. The van der Waals surface area contributed by atoms with E-state index in [-0.39, 0.29) is 17.9 Å². The van der Waals surface area contributed by atoms with Gasteiger partial charge in [0.15, 0.2) is 0 Å². The van der Waals surface area contributed by atoms with Crippen LogP contribution in [0.2, 0.25) is 0 Å². The molecule has 100 valence electrons. The fraction of sp³-hybridized carbons (Fsp3) is 0.750. The van der Waals surface area contributed by atoms with Crippen LogP contribution in [0.25, 0.3) is 0 Å². The molecule has 0 aliphatic heterocycles. The number of aromatic nitrogens is 2. The van der Waals surface area contributed by atoms with Gasteiger partial charge < -0.3 is 10.4 Å². The van der Waals surface area contributed by atoms with Gasteiger partial charge in [-0.1, -0.05) is 18.3 Å². The van der Waals surface area contributed by atoms with Gasteiger partial charge in [0.05, 0.1) is 11.8 Å². The summed E-state index contributed by atoms with van der Waals surface area (Å²) in [6.07, 6.45) is 2.43. The van der Waals surface area contributed by atoms with Gasteiger partial charge in [0.2, 0.25) is 0 Å². The summed E-state index contributed by atoms with van der Waals surface area (Å²) in [5.41, 5.74) is 0.768. The van der Waals surface area contributed by atoms with Gasteiger partial charge in [-0.05, 0) is 42.6 Å². The third kappa shape index (κ3) is 3.05. The Morgan fingerprint density at radius 1 is 1.56 bits per heavy atom. The van der Waals surface area contributed by atoms with Gasteiger partial charge >= 0.3 is 0 Å². The van der Waals surface area contributed by atoms with Crippen molar-refractivity contribution in [1.29, 1.82) is 0 Å². The van der Waals surface area contributed by atoms with E-state index in [9.17, 15) is 9.90 Å². The highest BCUT2D eigenvalue weighted by molar-refractivity contribution is 7.08. The smallest absolute Gasteiger partial charge is 0.264 e. The molecule has 0 aromatic carbocycles. The van der Waals surface area contributed by atoms with Crippen molar-refractivity contribution in [2.75, 3.05) is 6.54 Å². The van der Waals surface area contributed by atoms with Crippen molar-refractivity contribution in [3.05, 3.63) is 10.6 Å². The molecule has 1 aliphatic carbocycles. The molecule has 1 aliphatic rings. The molecule has 18 heavy (non-hydrogen) atoms. The number of carbonyl (C=O) groups is 1. The number of aliphatic hydroxyl groups is 1. The Balaban J connectivity index is 1.89. The average Bonchev–Trinajstić information content (AvgIpc) is 2.94. The van der Waals surface area contributed by atoms with E-state index in [4.69, 9.17) is 0 Å². The van der Waals surface area contributed by atoms with Crippen LogP contribution < -0.4 is 5.32 Å². The fourth-order valence-corrected chi connectivity index (χ4v) is 3.02. The summed E-state index contributed by atoms with van der Waals surface area (Å²) in [7, 11) is 0. The van der Waals surface area contributed by atoms with Crippen molar-refractivity contribution in [2.45, 2.75) is 45.1 Å². The number of hydrogen-bond donors (Lipinski definition) is 2. The molecule has 1 saturated carbocycles. The second kappa shape index (κ2) is 5.75. The van der Waals surface area contributed by atoms with Crippen LogP contribution in [-0.2, 0) is 0 Å². The Bertz CT molecular complexity index is 419. The van der Waals surface area contributed by atoms with Crippen LogP contribution in [0.15, 0.2) is 0 Å². The summed E-state index contributed by atoms with van der Waals surface area (Å²) in [6.45, 7) is 4.63. The molecule has 5 nitrogen and oxygen atoms in total. The maximum atomic E-state index is 12.0. The Morgan fingerprint density at radius 3 is 2.94 bits per heavy atom. The number of hydrogen-bond acceptors (Lipinski definition) is 5. The van der Waals surface area contributed by atoms with Gasteiger partial charge in [0.1, 0.15) is 4.88 Å². The molecular formula is C12H19N3O2S. The number of rotatable bonds is 4. The first-order valence-corrected chi connectivity index (χ1v) is 7.13. The molecule has 0 bridgehead atoms. The van der Waals surface area contributed by atoms with Gasteiger partial charge in [-0.2, -0.15) is 0 Å². The molecule has 0 spiro atoms. The van der Waals surface area contributed by atoms with E-state index in [1.807, 2.05) is 13.8 Å². The monoisotopic (exact) mass is 269 g/mol. The third-order valence-electron chi connectivity index (χ3n) is 3.33. The van der Waals surface area contributed by atoms with Crippen LogP contribution in [-0.4, -0.2) is 33.2 Å². The predicted octanol–water partition coefficient (Wildman–Crippen LogP) is 1.55. The van der Waals surface area contributed by atoms with Gasteiger partial charge in [-0.15, -0.1) is 5.10 Å². The molecule has 0 saturated heterocycles. The average molecular weight is 269 g/mol. The lowest BCUT2D eigenvalue weighted by atomic mass is 10.1. The summed E-state index contributed by atoms with van der Waals surface area (Å²) in [6, 6.07) is 0. The largest absolute Gasteiger partial charge is 0.393 e. The second-order valence-electron chi connectivity index (χ2n) is 5.18. The second-order valence-corrected chi connectivity index (χ2v) is 5.94. The quantitative estimate of drug-likeness (QED) is 0.869. The molecule has 6 heteroatoms. The third-order valence-corrected chi connectivity index (χ3v) is 4.07. The summed E-state index contributed by atoms with van der Waals surface area (Å²) in [5.74, 6) is 0.514. The van der Waals surface area contributed by atoms with Crippen LogP contribution >= 0.6 is 11.5 Å². The zero-order chi connectivity index (χ0) is 13.1. The Hall–Kier alpha value is -1.01. The van der Waals surface area contributed by atoms with Crippen molar-refractivity contribution < 1.29 is 9.90 Å². The molecule has 1 fully saturated rings. The number of amides is 1. The highest BCUT2D eigenvalue weighted by Gasteiger charge is 2.24. The molecular weight excluding hydrogens is 250 g/mol. The summed E-state index contributed by atoms with van der Waals surface area (Å²) in [5, 5.41) is 16.4. The highest BCUT2D eigenvalue weighted by atomic mass is 32.1. The highest BCUT2D eigenvalue weighted by Crippen LogP contribution is 2.25. The summed E-state index contributed by atoms with van der Waals surface area (Å²) >= 11 is 1.15. The van der Waals surface area contributed by atoms with Crippen LogP contribution in [0.4, 0.5) is 0 Å². The van der Waals surface area contributed by atoms with E-state index in [1.165, 1.54) is 0 Å².